The third kappa shape index (κ3) is 1.97. The van der Waals surface area contributed by atoms with E-state index in [1.165, 1.54) is 6.42 Å². The standard InChI is InChI=1S/C6H15BN2O/c1-9(7-10-2)6-3-4-8-5-6/h6-8H,3-5H2,1-2H3. The fourth-order valence-corrected chi connectivity index (χ4v) is 1.32. The van der Waals surface area contributed by atoms with Gasteiger partial charge in [0, 0.05) is 19.7 Å². The van der Waals surface area contributed by atoms with Gasteiger partial charge in [0.2, 0.25) is 0 Å². The Morgan fingerprint density at radius 3 is 3.00 bits per heavy atom. The van der Waals surface area contributed by atoms with Crippen LogP contribution in [0.5, 0.6) is 0 Å². The van der Waals surface area contributed by atoms with Gasteiger partial charge in [-0.25, -0.2) is 0 Å². The molecule has 0 radical (unpaired) electrons. The summed E-state index contributed by atoms with van der Waals surface area (Å²) in [6.07, 6.45) is 1.25. The van der Waals surface area contributed by atoms with Crippen LogP contribution in [0.2, 0.25) is 0 Å². The molecule has 1 unspecified atom stereocenters. The maximum Gasteiger partial charge on any atom is 0.363 e. The molecular weight excluding hydrogens is 127 g/mol. The molecule has 0 aromatic rings. The highest BCUT2D eigenvalue weighted by Gasteiger charge is 2.18. The molecule has 1 heterocycles. The fourth-order valence-electron chi connectivity index (χ4n) is 1.32. The molecule has 0 bridgehead atoms. The van der Waals surface area contributed by atoms with Gasteiger partial charge in [-0.3, -0.25) is 0 Å². The van der Waals surface area contributed by atoms with Gasteiger partial charge in [-0.15, -0.1) is 0 Å². The highest BCUT2D eigenvalue weighted by Crippen LogP contribution is 2.03. The predicted octanol–water partition coefficient (Wildman–Crippen LogP) is -0.807. The Labute approximate surface area is 63.0 Å². The van der Waals surface area contributed by atoms with Crippen LogP contribution in [0, 0.1) is 0 Å². The van der Waals surface area contributed by atoms with Crippen molar-refractivity contribution in [1.82, 2.24) is 10.1 Å². The van der Waals surface area contributed by atoms with E-state index >= 15 is 0 Å². The van der Waals surface area contributed by atoms with Crippen molar-refractivity contribution in [1.29, 1.82) is 0 Å². The van der Waals surface area contributed by atoms with E-state index in [-0.39, 0.29) is 0 Å². The highest BCUT2D eigenvalue weighted by molar-refractivity contribution is 6.23. The van der Waals surface area contributed by atoms with Crippen molar-refractivity contribution in [3.8, 4) is 0 Å². The summed E-state index contributed by atoms with van der Waals surface area (Å²) in [7, 11) is 4.58. The van der Waals surface area contributed by atoms with E-state index in [1.54, 1.807) is 7.11 Å². The molecule has 1 atom stereocenters. The van der Waals surface area contributed by atoms with Crippen molar-refractivity contribution in [3.63, 3.8) is 0 Å². The van der Waals surface area contributed by atoms with Crippen LogP contribution in [0.1, 0.15) is 6.42 Å². The summed E-state index contributed by atoms with van der Waals surface area (Å²) in [6.45, 7) is 2.26. The van der Waals surface area contributed by atoms with Crippen molar-refractivity contribution in [2.24, 2.45) is 0 Å². The summed E-state index contributed by atoms with van der Waals surface area (Å²) in [5.41, 5.74) is 0. The Morgan fingerprint density at radius 2 is 2.50 bits per heavy atom. The smallest absolute Gasteiger partial charge is 0.363 e. The van der Waals surface area contributed by atoms with Gasteiger partial charge in [0.05, 0.1) is 0 Å². The number of nitrogens with one attached hydrogen (secondary N) is 1. The molecule has 0 aromatic heterocycles. The molecule has 1 rings (SSSR count). The number of hydrogen-bond acceptors (Lipinski definition) is 3. The average Bonchev–Trinajstić information content (AvgIpc) is 2.38. The van der Waals surface area contributed by atoms with E-state index in [2.05, 4.69) is 17.2 Å². The maximum absolute atomic E-state index is 5.01. The van der Waals surface area contributed by atoms with Gasteiger partial charge in [-0.1, -0.05) is 0 Å². The molecule has 0 aromatic carbocycles. The van der Waals surface area contributed by atoms with Gasteiger partial charge < -0.3 is 14.8 Å². The van der Waals surface area contributed by atoms with Crippen LogP contribution in [0.25, 0.3) is 0 Å². The number of likely N-dealkylation sites (N-methyl/N-ethyl adjacent to an activating group) is 1. The van der Waals surface area contributed by atoms with Crippen molar-refractivity contribution >= 4 is 7.62 Å². The SMILES string of the molecule is COBN(C)C1CCNC1. The minimum atomic E-state index is 0.681. The van der Waals surface area contributed by atoms with E-state index < -0.39 is 0 Å². The van der Waals surface area contributed by atoms with Crippen molar-refractivity contribution in [3.05, 3.63) is 0 Å². The van der Waals surface area contributed by atoms with Crippen LogP contribution in [-0.4, -0.2) is 45.7 Å². The monoisotopic (exact) mass is 142 g/mol. The van der Waals surface area contributed by atoms with Crippen molar-refractivity contribution in [2.45, 2.75) is 12.5 Å². The van der Waals surface area contributed by atoms with Gasteiger partial charge in [0.25, 0.3) is 0 Å². The lowest BCUT2D eigenvalue weighted by Crippen LogP contribution is -2.37. The molecule has 1 fully saturated rings. The summed E-state index contributed by atoms with van der Waals surface area (Å²) >= 11 is 0. The fraction of sp³-hybridized carbons (Fsp3) is 1.00. The molecular formula is C6H15BN2O. The first kappa shape index (κ1) is 8.05. The van der Waals surface area contributed by atoms with Crippen LogP contribution < -0.4 is 5.32 Å². The Balaban J connectivity index is 2.18. The molecule has 1 saturated heterocycles. The second-order valence-electron chi connectivity index (χ2n) is 2.82. The molecule has 1 aliphatic rings. The topological polar surface area (TPSA) is 24.5 Å². The second-order valence-corrected chi connectivity index (χ2v) is 2.82. The second kappa shape index (κ2) is 3.96. The van der Waals surface area contributed by atoms with Gasteiger partial charge in [-0.05, 0) is 20.0 Å². The molecule has 4 heteroatoms. The van der Waals surface area contributed by atoms with Crippen molar-refractivity contribution < 1.29 is 4.65 Å². The molecule has 0 aliphatic carbocycles. The maximum atomic E-state index is 5.01. The summed E-state index contributed by atoms with van der Waals surface area (Å²) in [5, 5.41) is 3.31. The Morgan fingerprint density at radius 1 is 1.70 bits per heavy atom. The van der Waals surface area contributed by atoms with Crippen molar-refractivity contribution in [2.75, 3.05) is 27.2 Å². The summed E-state index contributed by atoms with van der Waals surface area (Å²) in [6, 6.07) is 0.681. The highest BCUT2D eigenvalue weighted by atomic mass is 16.4. The summed E-state index contributed by atoms with van der Waals surface area (Å²) in [5.74, 6) is 0. The molecule has 3 nitrogen and oxygen atoms in total. The lowest BCUT2D eigenvalue weighted by Gasteiger charge is -2.20. The molecule has 58 valence electrons. The first-order chi connectivity index (χ1) is 4.84. The Bertz CT molecular complexity index is 95.7. The van der Waals surface area contributed by atoms with E-state index in [4.69, 9.17) is 4.65 Å². The minimum Gasteiger partial charge on any atom is -0.427 e. The van der Waals surface area contributed by atoms with Crippen LogP contribution in [-0.2, 0) is 4.65 Å². The average molecular weight is 142 g/mol. The zero-order chi connectivity index (χ0) is 7.40. The Hall–Kier alpha value is -0.0551. The summed E-state index contributed by atoms with van der Waals surface area (Å²) < 4.78 is 5.01. The van der Waals surface area contributed by atoms with E-state index in [1.807, 2.05) is 0 Å². The molecule has 10 heavy (non-hydrogen) atoms. The number of rotatable bonds is 3. The van der Waals surface area contributed by atoms with Gasteiger partial charge in [-0.2, -0.15) is 0 Å². The molecule has 0 saturated carbocycles. The first-order valence-electron chi connectivity index (χ1n) is 3.74. The van der Waals surface area contributed by atoms with Crippen LogP contribution in [0.15, 0.2) is 0 Å². The predicted molar refractivity (Wildman–Crippen MR) is 43.2 cm³/mol. The van der Waals surface area contributed by atoms with Gasteiger partial charge >= 0.3 is 7.62 Å². The van der Waals surface area contributed by atoms with Crippen LogP contribution in [0.4, 0.5) is 0 Å². The number of hydrogen-bond donors (Lipinski definition) is 1. The minimum absolute atomic E-state index is 0.681. The molecule has 0 spiro atoms. The van der Waals surface area contributed by atoms with Gasteiger partial charge in [0.15, 0.2) is 0 Å². The third-order valence-corrected chi connectivity index (χ3v) is 1.99. The zero-order valence-electron chi connectivity index (χ0n) is 6.76. The molecule has 1 N–H and O–H groups in total. The molecule has 0 amide bonds. The quantitative estimate of drug-likeness (QED) is 0.521. The lowest BCUT2D eigenvalue weighted by atomic mass is 10.1. The third-order valence-electron chi connectivity index (χ3n) is 1.99. The first-order valence-corrected chi connectivity index (χ1v) is 3.74. The van der Waals surface area contributed by atoms with Crippen LogP contribution >= 0.6 is 0 Å². The van der Waals surface area contributed by atoms with Gasteiger partial charge in [0.1, 0.15) is 0 Å². The zero-order valence-corrected chi connectivity index (χ0v) is 6.76. The largest absolute Gasteiger partial charge is 0.427 e. The number of nitrogens with zero attached hydrogens (tertiary/aromatic N) is 1. The van der Waals surface area contributed by atoms with E-state index in [0.717, 1.165) is 20.7 Å². The van der Waals surface area contributed by atoms with Crippen LogP contribution in [0.3, 0.4) is 0 Å². The summed E-state index contributed by atoms with van der Waals surface area (Å²) in [4.78, 5) is 2.24. The lowest BCUT2D eigenvalue weighted by molar-refractivity contribution is 0.324. The Kier molecular flexibility index (Phi) is 3.18. The normalized spacial score (nSPS) is 25.7. The molecule has 1 aliphatic heterocycles. The van der Waals surface area contributed by atoms with E-state index in [0.29, 0.717) is 6.04 Å². The van der Waals surface area contributed by atoms with E-state index in [9.17, 15) is 0 Å².